The highest BCUT2D eigenvalue weighted by Crippen LogP contribution is 2.17. The standard InChI is InChI=1S/C11H18F3N3O2/c1-7-8(3-4-15-7)10(19)17(2)5-9(18)16-6-11(12,13)14/h7-8,15H,3-6H2,1-2H3,(H,16,18). The third kappa shape index (κ3) is 5.06. The largest absolute Gasteiger partial charge is 0.405 e. The van der Waals surface area contributed by atoms with Gasteiger partial charge >= 0.3 is 6.18 Å². The number of nitrogens with zero attached hydrogens (tertiary/aromatic N) is 1. The van der Waals surface area contributed by atoms with Crippen molar-refractivity contribution in [3.05, 3.63) is 0 Å². The Hall–Kier alpha value is -1.31. The Morgan fingerprint density at radius 2 is 2.05 bits per heavy atom. The molecule has 0 aliphatic carbocycles. The highest BCUT2D eigenvalue weighted by molar-refractivity contribution is 5.86. The molecule has 1 saturated heterocycles. The first kappa shape index (κ1) is 15.7. The van der Waals surface area contributed by atoms with E-state index in [1.54, 1.807) is 5.32 Å². The van der Waals surface area contributed by atoms with Gasteiger partial charge in [0.15, 0.2) is 0 Å². The van der Waals surface area contributed by atoms with Crippen LogP contribution in [0.4, 0.5) is 13.2 Å². The summed E-state index contributed by atoms with van der Waals surface area (Å²) in [7, 11) is 1.42. The van der Waals surface area contributed by atoms with Gasteiger partial charge in [0.25, 0.3) is 0 Å². The second kappa shape index (κ2) is 6.23. The van der Waals surface area contributed by atoms with Crippen LogP contribution in [0.5, 0.6) is 0 Å². The number of likely N-dealkylation sites (N-methyl/N-ethyl adjacent to an activating group) is 1. The van der Waals surface area contributed by atoms with Gasteiger partial charge < -0.3 is 15.5 Å². The van der Waals surface area contributed by atoms with Gasteiger partial charge in [0.2, 0.25) is 11.8 Å². The smallest absolute Gasteiger partial charge is 0.345 e. The van der Waals surface area contributed by atoms with Gasteiger partial charge in [-0.05, 0) is 19.9 Å². The van der Waals surface area contributed by atoms with Crippen LogP contribution in [0.25, 0.3) is 0 Å². The number of rotatable bonds is 4. The fraction of sp³-hybridized carbons (Fsp3) is 0.818. The number of carbonyl (C=O) groups is 2. The SMILES string of the molecule is CC1NCCC1C(=O)N(C)CC(=O)NCC(F)(F)F. The van der Waals surface area contributed by atoms with Crippen molar-refractivity contribution in [3.8, 4) is 0 Å². The maximum Gasteiger partial charge on any atom is 0.405 e. The highest BCUT2D eigenvalue weighted by atomic mass is 19.4. The molecule has 110 valence electrons. The van der Waals surface area contributed by atoms with Crippen molar-refractivity contribution < 1.29 is 22.8 Å². The second-order valence-electron chi connectivity index (χ2n) is 4.72. The van der Waals surface area contributed by atoms with Crippen molar-refractivity contribution in [3.63, 3.8) is 0 Å². The predicted molar refractivity (Wildman–Crippen MR) is 62.3 cm³/mol. The van der Waals surface area contributed by atoms with Crippen LogP contribution in [-0.4, -0.2) is 55.6 Å². The molecule has 1 rings (SSSR count). The second-order valence-corrected chi connectivity index (χ2v) is 4.72. The van der Waals surface area contributed by atoms with Crippen LogP contribution < -0.4 is 10.6 Å². The summed E-state index contributed by atoms with van der Waals surface area (Å²) in [6.45, 7) is 0.853. The van der Waals surface area contributed by atoms with Crippen molar-refractivity contribution >= 4 is 11.8 Å². The van der Waals surface area contributed by atoms with Crippen LogP contribution in [0.1, 0.15) is 13.3 Å². The molecule has 0 saturated carbocycles. The normalized spacial score (nSPS) is 23.2. The molecule has 2 atom stereocenters. The molecule has 19 heavy (non-hydrogen) atoms. The first-order valence-corrected chi connectivity index (χ1v) is 6.02. The van der Waals surface area contributed by atoms with E-state index in [1.807, 2.05) is 6.92 Å². The van der Waals surface area contributed by atoms with Gasteiger partial charge in [-0.1, -0.05) is 0 Å². The average molecular weight is 281 g/mol. The van der Waals surface area contributed by atoms with Crippen LogP contribution in [0.15, 0.2) is 0 Å². The van der Waals surface area contributed by atoms with Gasteiger partial charge in [-0.3, -0.25) is 9.59 Å². The van der Waals surface area contributed by atoms with E-state index in [2.05, 4.69) is 5.32 Å². The summed E-state index contributed by atoms with van der Waals surface area (Å²) < 4.78 is 35.7. The van der Waals surface area contributed by atoms with E-state index >= 15 is 0 Å². The van der Waals surface area contributed by atoms with Crippen molar-refractivity contribution in [1.82, 2.24) is 15.5 Å². The Bertz CT molecular complexity index is 347. The molecule has 2 amide bonds. The minimum absolute atomic E-state index is 0.0215. The number of nitrogens with one attached hydrogen (secondary N) is 2. The van der Waals surface area contributed by atoms with E-state index in [0.29, 0.717) is 6.42 Å². The number of alkyl halides is 3. The summed E-state index contributed by atoms with van der Waals surface area (Å²) in [6, 6.07) is 0.0215. The van der Waals surface area contributed by atoms with Crippen LogP contribution >= 0.6 is 0 Å². The molecule has 0 aromatic rings. The monoisotopic (exact) mass is 281 g/mol. The lowest BCUT2D eigenvalue weighted by molar-refractivity contribution is -0.143. The zero-order chi connectivity index (χ0) is 14.6. The summed E-state index contributed by atoms with van der Waals surface area (Å²) >= 11 is 0. The predicted octanol–water partition coefficient (Wildman–Crippen LogP) is 0.121. The maximum absolute atomic E-state index is 12.0. The number of halogens is 3. The minimum atomic E-state index is -4.44. The first-order valence-electron chi connectivity index (χ1n) is 6.02. The molecular weight excluding hydrogens is 263 g/mol. The van der Waals surface area contributed by atoms with Crippen molar-refractivity contribution in [2.75, 3.05) is 26.7 Å². The minimum Gasteiger partial charge on any atom is -0.345 e. The topological polar surface area (TPSA) is 61.4 Å². The highest BCUT2D eigenvalue weighted by Gasteiger charge is 2.32. The van der Waals surface area contributed by atoms with Gasteiger partial charge in [0.1, 0.15) is 6.54 Å². The molecule has 2 N–H and O–H groups in total. The lowest BCUT2D eigenvalue weighted by atomic mass is 10.0. The molecule has 0 spiro atoms. The molecule has 5 nitrogen and oxygen atoms in total. The summed E-state index contributed by atoms with van der Waals surface area (Å²) in [6.07, 6.45) is -3.77. The van der Waals surface area contributed by atoms with Gasteiger partial charge in [0, 0.05) is 13.1 Å². The molecule has 0 aromatic carbocycles. The fourth-order valence-corrected chi connectivity index (χ4v) is 2.03. The number of hydrogen-bond donors (Lipinski definition) is 2. The van der Waals surface area contributed by atoms with Crippen LogP contribution in [-0.2, 0) is 9.59 Å². The molecule has 1 aliphatic rings. The lowest BCUT2D eigenvalue weighted by Gasteiger charge is -2.22. The van der Waals surface area contributed by atoms with E-state index in [4.69, 9.17) is 0 Å². The molecule has 1 heterocycles. The molecule has 8 heteroatoms. The Balaban J connectivity index is 2.39. The lowest BCUT2D eigenvalue weighted by Crippen LogP contribution is -2.44. The first-order chi connectivity index (χ1) is 8.70. The van der Waals surface area contributed by atoms with E-state index in [9.17, 15) is 22.8 Å². The molecule has 0 radical (unpaired) electrons. The van der Waals surface area contributed by atoms with Crippen LogP contribution in [0.2, 0.25) is 0 Å². The van der Waals surface area contributed by atoms with E-state index < -0.39 is 18.6 Å². The van der Waals surface area contributed by atoms with Gasteiger partial charge in [-0.25, -0.2) is 0 Å². The zero-order valence-electron chi connectivity index (χ0n) is 10.9. The number of carbonyl (C=O) groups excluding carboxylic acids is 2. The summed E-state index contributed by atoms with van der Waals surface area (Å²) in [5.41, 5.74) is 0. The Morgan fingerprint density at radius 1 is 1.42 bits per heavy atom. The molecular formula is C11H18F3N3O2. The Kier molecular flexibility index (Phi) is 5.16. The number of amides is 2. The summed E-state index contributed by atoms with van der Waals surface area (Å²) in [4.78, 5) is 24.4. The maximum atomic E-state index is 12.0. The quantitative estimate of drug-likeness (QED) is 0.769. The summed E-state index contributed by atoms with van der Waals surface area (Å²) in [5.74, 6) is -1.26. The van der Waals surface area contributed by atoms with E-state index in [1.165, 1.54) is 11.9 Å². The van der Waals surface area contributed by atoms with Gasteiger partial charge in [-0.15, -0.1) is 0 Å². The van der Waals surface area contributed by atoms with Crippen molar-refractivity contribution in [2.24, 2.45) is 5.92 Å². The van der Waals surface area contributed by atoms with Crippen molar-refractivity contribution in [1.29, 1.82) is 0 Å². The Labute approximate surface area is 109 Å². The number of hydrogen-bond acceptors (Lipinski definition) is 3. The fourth-order valence-electron chi connectivity index (χ4n) is 2.03. The molecule has 1 aliphatic heterocycles. The van der Waals surface area contributed by atoms with Gasteiger partial charge in [-0.2, -0.15) is 13.2 Å². The van der Waals surface area contributed by atoms with E-state index in [0.717, 1.165) is 6.54 Å². The molecule has 0 bridgehead atoms. The third-order valence-electron chi connectivity index (χ3n) is 3.09. The molecule has 2 unspecified atom stereocenters. The average Bonchev–Trinajstić information content (AvgIpc) is 2.71. The van der Waals surface area contributed by atoms with E-state index in [-0.39, 0.29) is 24.4 Å². The molecule has 1 fully saturated rings. The zero-order valence-corrected chi connectivity index (χ0v) is 10.9. The van der Waals surface area contributed by atoms with Crippen LogP contribution in [0.3, 0.4) is 0 Å². The third-order valence-corrected chi connectivity index (χ3v) is 3.09. The summed E-state index contributed by atoms with van der Waals surface area (Å²) in [5, 5.41) is 4.84. The van der Waals surface area contributed by atoms with Crippen LogP contribution in [0, 0.1) is 5.92 Å². The van der Waals surface area contributed by atoms with Gasteiger partial charge in [0.05, 0.1) is 12.5 Å². The van der Waals surface area contributed by atoms with Crippen molar-refractivity contribution in [2.45, 2.75) is 25.6 Å². The Morgan fingerprint density at radius 3 is 2.53 bits per heavy atom. The molecule has 0 aromatic heterocycles.